The quantitative estimate of drug-likeness (QED) is 0.482. The summed E-state index contributed by atoms with van der Waals surface area (Å²) in [6, 6.07) is 8.14. The first-order valence-electron chi connectivity index (χ1n) is 9.51. The molecule has 7 nitrogen and oxygen atoms in total. The van der Waals surface area contributed by atoms with Gasteiger partial charge >= 0.3 is 5.97 Å². The van der Waals surface area contributed by atoms with Crippen molar-refractivity contribution in [3.05, 3.63) is 65.1 Å². The molecule has 1 heterocycles. The van der Waals surface area contributed by atoms with Gasteiger partial charge in [0.1, 0.15) is 17.4 Å². The first kappa shape index (κ1) is 23.2. The second-order valence-electron chi connectivity index (χ2n) is 6.68. The predicted octanol–water partition coefficient (Wildman–Crippen LogP) is 4.78. The van der Waals surface area contributed by atoms with E-state index in [2.05, 4.69) is 10.3 Å². The molecule has 0 aliphatic carbocycles. The van der Waals surface area contributed by atoms with Gasteiger partial charge in [-0.1, -0.05) is 17.7 Å². The number of aryl methyl sites for hydroxylation is 1. The number of esters is 1. The van der Waals surface area contributed by atoms with Crippen LogP contribution in [0.3, 0.4) is 0 Å². The number of anilines is 1. The summed E-state index contributed by atoms with van der Waals surface area (Å²) in [5.41, 5.74) is -0.00356. The molecule has 10 heteroatoms. The number of carbonyl (C=O) groups is 2. The number of oxazole rings is 1. The Morgan fingerprint density at radius 3 is 2.62 bits per heavy atom. The maximum absolute atomic E-state index is 13.8. The van der Waals surface area contributed by atoms with E-state index in [1.165, 1.54) is 32.4 Å². The number of methoxy groups -OCH3 is 1. The summed E-state index contributed by atoms with van der Waals surface area (Å²) in [6.07, 6.45) is -0.0569. The molecule has 1 unspecified atom stereocenters. The van der Waals surface area contributed by atoms with Crippen LogP contribution in [0.4, 0.5) is 14.5 Å². The molecule has 1 amide bonds. The molecule has 3 aromatic rings. The van der Waals surface area contributed by atoms with Gasteiger partial charge in [-0.3, -0.25) is 9.59 Å². The number of hydrogen-bond acceptors (Lipinski definition) is 6. The van der Waals surface area contributed by atoms with Crippen LogP contribution in [0, 0.1) is 11.6 Å². The maximum Gasteiger partial charge on any atom is 0.307 e. The van der Waals surface area contributed by atoms with Crippen LogP contribution in [-0.4, -0.2) is 30.1 Å². The van der Waals surface area contributed by atoms with Crippen LogP contribution in [-0.2, 0) is 20.7 Å². The van der Waals surface area contributed by atoms with Crippen molar-refractivity contribution in [3.8, 4) is 17.1 Å². The molecular formula is C22H19ClF2N2O5. The van der Waals surface area contributed by atoms with Gasteiger partial charge in [-0.2, -0.15) is 0 Å². The van der Waals surface area contributed by atoms with Crippen molar-refractivity contribution < 1.29 is 32.3 Å². The average Bonchev–Trinajstić information content (AvgIpc) is 3.21. The van der Waals surface area contributed by atoms with Crippen molar-refractivity contribution >= 4 is 29.2 Å². The fraction of sp³-hybridized carbons (Fsp3) is 0.227. The molecular weight excluding hydrogens is 446 g/mol. The number of benzene rings is 2. The summed E-state index contributed by atoms with van der Waals surface area (Å²) in [7, 11) is 1.44. The summed E-state index contributed by atoms with van der Waals surface area (Å²) in [5.74, 6) is -2.43. The van der Waals surface area contributed by atoms with E-state index in [9.17, 15) is 18.4 Å². The number of nitrogens with zero attached hydrogens (tertiary/aromatic N) is 1. The van der Waals surface area contributed by atoms with E-state index in [0.29, 0.717) is 16.5 Å². The van der Waals surface area contributed by atoms with E-state index in [4.69, 9.17) is 25.5 Å². The zero-order valence-corrected chi connectivity index (χ0v) is 17.9. The number of halogens is 3. The van der Waals surface area contributed by atoms with Gasteiger partial charge in [0.05, 0.1) is 31.0 Å². The summed E-state index contributed by atoms with van der Waals surface area (Å²) in [4.78, 5) is 28.4. The number of ether oxygens (including phenoxy) is 2. The lowest BCUT2D eigenvalue weighted by Gasteiger charge is -2.15. The molecule has 2 aromatic carbocycles. The average molecular weight is 465 g/mol. The number of hydrogen-bond donors (Lipinski definition) is 1. The highest BCUT2D eigenvalue weighted by atomic mass is 35.5. The standard InChI is InChI=1S/C22H19ClF2N2O5/c1-12(22(29)27-16-10-13(23)6-7-17(16)30-2)31-20(28)9-8-19-26-11-18(32-19)21-14(24)4-3-5-15(21)25/h3-7,10-12H,8-9H2,1-2H3,(H,27,29). The van der Waals surface area contributed by atoms with E-state index in [0.717, 1.165) is 12.1 Å². The number of aromatic nitrogens is 1. The Kier molecular flexibility index (Phi) is 7.42. The first-order chi connectivity index (χ1) is 15.3. The molecule has 0 aliphatic rings. The van der Waals surface area contributed by atoms with Crippen molar-refractivity contribution in [2.75, 3.05) is 12.4 Å². The summed E-state index contributed by atoms with van der Waals surface area (Å²) in [5, 5.41) is 2.98. The number of amides is 1. The molecule has 168 valence electrons. The smallest absolute Gasteiger partial charge is 0.307 e. The normalized spacial score (nSPS) is 11.7. The maximum atomic E-state index is 13.8. The lowest BCUT2D eigenvalue weighted by atomic mass is 10.1. The molecule has 1 aromatic heterocycles. The molecule has 32 heavy (non-hydrogen) atoms. The van der Waals surface area contributed by atoms with E-state index in [-0.39, 0.29) is 30.1 Å². The van der Waals surface area contributed by atoms with E-state index >= 15 is 0 Å². The highest BCUT2D eigenvalue weighted by Crippen LogP contribution is 2.28. The van der Waals surface area contributed by atoms with Crippen LogP contribution in [0.1, 0.15) is 19.2 Å². The monoisotopic (exact) mass is 464 g/mol. The fourth-order valence-electron chi connectivity index (χ4n) is 2.81. The summed E-state index contributed by atoms with van der Waals surface area (Å²) < 4.78 is 43.3. The van der Waals surface area contributed by atoms with E-state index in [1.807, 2.05) is 0 Å². The molecule has 3 rings (SSSR count). The van der Waals surface area contributed by atoms with Gasteiger partial charge in [-0.25, -0.2) is 13.8 Å². The van der Waals surface area contributed by atoms with Crippen LogP contribution in [0.15, 0.2) is 47.0 Å². The third-order valence-corrected chi connectivity index (χ3v) is 4.64. The third-order valence-electron chi connectivity index (χ3n) is 4.40. The highest BCUT2D eigenvalue weighted by molar-refractivity contribution is 6.31. The molecule has 0 aliphatic heterocycles. The second kappa shape index (κ2) is 10.2. The minimum absolute atomic E-state index is 0.0192. The van der Waals surface area contributed by atoms with Crippen molar-refractivity contribution in [1.29, 1.82) is 0 Å². The molecule has 0 spiro atoms. The Morgan fingerprint density at radius 1 is 1.22 bits per heavy atom. The van der Waals surface area contributed by atoms with Crippen molar-refractivity contribution in [1.82, 2.24) is 4.98 Å². The minimum atomic E-state index is -1.10. The summed E-state index contributed by atoms with van der Waals surface area (Å²) >= 11 is 5.93. The van der Waals surface area contributed by atoms with Crippen LogP contribution >= 0.6 is 11.6 Å². The predicted molar refractivity (Wildman–Crippen MR) is 112 cm³/mol. The minimum Gasteiger partial charge on any atom is -0.495 e. The Hall–Kier alpha value is -3.46. The fourth-order valence-corrected chi connectivity index (χ4v) is 2.98. The second-order valence-corrected chi connectivity index (χ2v) is 7.12. The van der Waals surface area contributed by atoms with Crippen LogP contribution in [0.25, 0.3) is 11.3 Å². The SMILES string of the molecule is COc1ccc(Cl)cc1NC(=O)C(C)OC(=O)CCc1ncc(-c2c(F)cccc2F)o1. The number of nitrogens with one attached hydrogen (secondary N) is 1. The van der Waals surface area contributed by atoms with Gasteiger partial charge in [0.15, 0.2) is 17.8 Å². The van der Waals surface area contributed by atoms with Crippen molar-refractivity contribution in [2.24, 2.45) is 0 Å². The lowest BCUT2D eigenvalue weighted by Crippen LogP contribution is -2.30. The zero-order valence-electron chi connectivity index (χ0n) is 17.2. The van der Waals surface area contributed by atoms with E-state index in [1.54, 1.807) is 12.1 Å². The van der Waals surface area contributed by atoms with Crippen LogP contribution in [0.5, 0.6) is 5.75 Å². The Bertz CT molecular complexity index is 1120. The van der Waals surface area contributed by atoms with Crippen LogP contribution in [0.2, 0.25) is 5.02 Å². The van der Waals surface area contributed by atoms with Gasteiger partial charge in [-0.15, -0.1) is 0 Å². The van der Waals surface area contributed by atoms with Crippen LogP contribution < -0.4 is 10.1 Å². The molecule has 0 fully saturated rings. The molecule has 0 saturated heterocycles. The molecule has 0 bridgehead atoms. The van der Waals surface area contributed by atoms with Crippen molar-refractivity contribution in [2.45, 2.75) is 25.9 Å². The van der Waals surface area contributed by atoms with Gasteiger partial charge in [0.25, 0.3) is 5.91 Å². The molecule has 0 saturated carbocycles. The lowest BCUT2D eigenvalue weighted by molar-refractivity contribution is -0.153. The first-order valence-corrected chi connectivity index (χ1v) is 9.89. The molecule has 1 N–H and O–H groups in total. The third kappa shape index (κ3) is 5.61. The topological polar surface area (TPSA) is 90.7 Å². The Morgan fingerprint density at radius 2 is 1.94 bits per heavy atom. The number of rotatable bonds is 8. The van der Waals surface area contributed by atoms with E-state index < -0.39 is 29.6 Å². The summed E-state index contributed by atoms with van der Waals surface area (Å²) in [6.45, 7) is 1.41. The van der Waals surface area contributed by atoms with Crippen molar-refractivity contribution in [3.63, 3.8) is 0 Å². The number of carbonyl (C=O) groups excluding carboxylic acids is 2. The highest BCUT2D eigenvalue weighted by Gasteiger charge is 2.21. The van der Waals surface area contributed by atoms with Gasteiger partial charge < -0.3 is 19.2 Å². The van der Waals surface area contributed by atoms with Gasteiger partial charge in [0, 0.05) is 11.4 Å². The Labute approximate surface area is 187 Å². The van der Waals surface area contributed by atoms with Gasteiger partial charge in [0.2, 0.25) is 0 Å². The molecule has 1 atom stereocenters. The largest absolute Gasteiger partial charge is 0.495 e. The Balaban J connectivity index is 1.54. The molecule has 0 radical (unpaired) electrons. The zero-order chi connectivity index (χ0) is 23.3. The van der Waals surface area contributed by atoms with Gasteiger partial charge in [-0.05, 0) is 37.3 Å².